The minimum absolute atomic E-state index is 0.0224. The molecule has 4 rings (SSSR count). The first-order valence-electron chi connectivity index (χ1n) is 9.09. The molecule has 140 valence electrons. The topological polar surface area (TPSA) is 63.5 Å². The summed E-state index contributed by atoms with van der Waals surface area (Å²) in [5.41, 5.74) is 3.47. The first kappa shape index (κ1) is 17.5. The predicted octanol–water partition coefficient (Wildman–Crippen LogP) is 2.48. The van der Waals surface area contributed by atoms with Gasteiger partial charge in [0.05, 0.1) is 24.2 Å². The van der Waals surface area contributed by atoms with E-state index in [0.717, 1.165) is 27.9 Å². The third-order valence-corrected chi connectivity index (χ3v) is 4.79. The van der Waals surface area contributed by atoms with E-state index in [0.29, 0.717) is 32.2 Å². The normalized spacial score (nSPS) is 15.2. The number of fused-ring (bicyclic) bond motifs is 1. The zero-order chi connectivity index (χ0) is 19.0. The largest absolute Gasteiger partial charge is 0.350 e. The van der Waals surface area contributed by atoms with Crippen LogP contribution >= 0.6 is 0 Å². The number of benzene rings is 1. The number of aryl methyl sites for hydroxylation is 3. The summed E-state index contributed by atoms with van der Waals surface area (Å²) in [4.78, 5) is 29.7. The Bertz CT molecular complexity index is 977. The molecule has 0 bridgehead atoms. The second-order valence-electron chi connectivity index (χ2n) is 6.85. The van der Waals surface area contributed by atoms with Crippen LogP contribution in [0.25, 0.3) is 10.9 Å². The zero-order valence-corrected chi connectivity index (χ0v) is 15.8. The Morgan fingerprint density at radius 3 is 2.63 bits per heavy atom. The van der Waals surface area contributed by atoms with Crippen molar-refractivity contribution < 1.29 is 9.63 Å². The molecule has 27 heavy (non-hydrogen) atoms. The van der Waals surface area contributed by atoms with E-state index < -0.39 is 0 Å². The molecule has 0 aliphatic carbocycles. The van der Waals surface area contributed by atoms with Gasteiger partial charge < -0.3 is 9.47 Å². The molecule has 0 spiro atoms. The molecule has 1 amide bonds. The molecule has 0 unspecified atom stereocenters. The van der Waals surface area contributed by atoms with Gasteiger partial charge in [0, 0.05) is 43.1 Å². The Kier molecular flexibility index (Phi) is 4.53. The molecular formula is C20H23N5O2. The Morgan fingerprint density at radius 1 is 1.07 bits per heavy atom. The molecule has 1 aliphatic heterocycles. The van der Waals surface area contributed by atoms with Crippen LogP contribution in [0.4, 0.5) is 5.95 Å². The number of hydrogen-bond donors (Lipinski definition) is 0. The molecule has 1 aromatic carbocycles. The van der Waals surface area contributed by atoms with E-state index in [1.54, 1.807) is 5.06 Å². The molecule has 0 N–H and O–H groups in total. The number of aromatic nitrogens is 3. The van der Waals surface area contributed by atoms with Crippen LogP contribution in [0.3, 0.4) is 0 Å². The standard InChI is InChI=1S/C20H23N5O2/c1-14-13-15(2)22-20(21-14)25-10-9-24(11-12-27-25)19(26)17-6-4-5-16-7-8-23(3)18(16)17/h4-8,13H,9-12H2,1-3H3. The van der Waals surface area contributed by atoms with Crippen LogP contribution in [0.1, 0.15) is 21.7 Å². The van der Waals surface area contributed by atoms with Crippen LogP contribution < -0.4 is 5.06 Å². The van der Waals surface area contributed by atoms with Gasteiger partial charge in [0.1, 0.15) is 0 Å². The maximum Gasteiger partial charge on any atom is 0.256 e. The maximum atomic E-state index is 13.2. The average Bonchev–Trinajstić information content (AvgIpc) is 2.87. The third-order valence-electron chi connectivity index (χ3n) is 4.79. The van der Waals surface area contributed by atoms with Crippen molar-refractivity contribution in [2.45, 2.75) is 13.8 Å². The first-order chi connectivity index (χ1) is 13.0. The van der Waals surface area contributed by atoms with Crippen LogP contribution in [0, 0.1) is 13.8 Å². The summed E-state index contributed by atoms with van der Waals surface area (Å²) in [6, 6.07) is 9.80. The highest BCUT2D eigenvalue weighted by Gasteiger charge is 2.24. The van der Waals surface area contributed by atoms with Gasteiger partial charge in [-0.25, -0.2) is 15.0 Å². The quantitative estimate of drug-likeness (QED) is 0.698. The molecule has 3 heterocycles. The molecule has 2 aromatic heterocycles. The van der Waals surface area contributed by atoms with Crippen molar-refractivity contribution in [2.75, 3.05) is 31.3 Å². The number of hydrogen-bond acceptors (Lipinski definition) is 5. The maximum absolute atomic E-state index is 13.2. The summed E-state index contributed by atoms with van der Waals surface area (Å²) >= 11 is 0. The molecule has 0 atom stereocenters. The molecule has 7 nitrogen and oxygen atoms in total. The minimum atomic E-state index is 0.0224. The highest BCUT2D eigenvalue weighted by molar-refractivity contribution is 6.06. The Balaban J connectivity index is 1.55. The molecule has 1 fully saturated rings. The number of amides is 1. The van der Waals surface area contributed by atoms with Crippen molar-refractivity contribution in [3.8, 4) is 0 Å². The number of rotatable bonds is 2. The molecule has 0 radical (unpaired) electrons. The van der Waals surface area contributed by atoms with Gasteiger partial charge in [-0.15, -0.1) is 0 Å². The number of anilines is 1. The lowest BCUT2D eigenvalue weighted by molar-refractivity contribution is 0.0730. The molecule has 1 saturated heterocycles. The van der Waals surface area contributed by atoms with Crippen molar-refractivity contribution in [1.82, 2.24) is 19.4 Å². The highest BCUT2D eigenvalue weighted by atomic mass is 16.7. The Hall–Kier alpha value is -2.93. The fraction of sp³-hybridized carbons (Fsp3) is 0.350. The van der Waals surface area contributed by atoms with Gasteiger partial charge >= 0.3 is 0 Å². The van der Waals surface area contributed by atoms with Gasteiger partial charge in [-0.1, -0.05) is 12.1 Å². The van der Waals surface area contributed by atoms with E-state index in [-0.39, 0.29) is 5.91 Å². The van der Waals surface area contributed by atoms with E-state index in [1.807, 2.05) is 66.9 Å². The smallest absolute Gasteiger partial charge is 0.256 e. The summed E-state index contributed by atoms with van der Waals surface area (Å²) in [6.07, 6.45) is 1.98. The van der Waals surface area contributed by atoms with E-state index in [9.17, 15) is 4.79 Å². The minimum Gasteiger partial charge on any atom is -0.350 e. The Labute approximate surface area is 158 Å². The molecule has 0 saturated carbocycles. The van der Waals surface area contributed by atoms with Crippen LogP contribution in [0.2, 0.25) is 0 Å². The predicted molar refractivity (Wildman–Crippen MR) is 104 cm³/mol. The lowest BCUT2D eigenvalue weighted by Gasteiger charge is -2.21. The second-order valence-corrected chi connectivity index (χ2v) is 6.85. The summed E-state index contributed by atoms with van der Waals surface area (Å²) in [7, 11) is 1.96. The van der Waals surface area contributed by atoms with E-state index in [2.05, 4.69) is 9.97 Å². The van der Waals surface area contributed by atoms with Crippen LogP contribution in [0.15, 0.2) is 36.5 Å². The van der Waals surface area contributed by atoms with Crippen molar-refractivity contribution in [3.63, 3.8) is 0 Å². The van der Waals surface area contributed by atoms with Crippen LogP contribution in [0.5, 0.6) is 0 Å². The van der Waals surface area contributed by atoms with Crippen LogP contribution in [-0.4, -0.2) is 51.6 Å². The fourth-order valence-electron chi connectivity index (χ4n) is 3.53. The van der Waals surface area contributed by atoms with Gasteiger partial charge in [0.15, 0.2) is 0 Å². The van der Waals surface area contributed by atoms with E-state index in [1.165, 1.54) is 0 Å². The van der Waals surface area contributed by atoms with E-state index in [4.69, 9.17) is 4.84 Å². The van der Waals surface area contributed by atoms with Gasteiger partial charge in [0.25, 0.3) is 5.91 Å². The lowest BCUT2D eigenvalue weighted by atomic mass is 10.1. The summed E-state index contributed by atoms with van der Waals surface area (Å²) < 4.78 is 1.99. The van der Waals surface area contributed by atoms with Crippen molar-refractivity contribution in [1.29, 1.82) is 0 Å². The van der Waals surface area contributed by atoms with Gasteiger partial charge in [-0.2, -0.15) is 0 Å². The Morgan fingerprint density at radius 2 is 1.85 bits per heavy atom. The van der Waals surface area contributed by atoms with Gasteiger partial charge in [-0.05, 0) is 32.0 Å². The SMILES string of the molecule is Cc1cc(C)nc(N2CCN(C(=O)c3cccc4ccn(C)c34)CCO2)n1. The average molecular weight is 365 g/mol. The second kappa shape index (κ2) is 7.00. The highest BCUT2D eigenvalue weighted by Crippen LogP contribution is 2.22. The third kappa shape index (κ3) is 3.38. The van der Waals surface area contributed by atoms with Crippen LogP contribution in [-0.2, 0) is 11.9 Å². The van der Waals surface area contributed by atoms with E-state index >= 15 is 0 Å². The van der Waals surface area contributed by atoms with Gasteiger partial charge in [-0.3, -0.25) is 9.63 Å². The first-order valence-corrected chi connectivity index (χ1v) is 9.09. The molecule has 1 aliphatic rings. The zero-order valence-electron chi connectivity index (χ0n) is 15.8. The lowest BCUT2D eigenvalue weighted by Crippen LogP contribution is -2.36. The molecular weight excluding hydrogens is 342 g/mol. The van der Waals surface area contributed by atoms with Crippen molar-refractivity contribution in [2.24, 2.45) is 7.05 Å². The van der Waals surface area contributed by atoms with Crippen molar-refractivity contribution >= 4 is 22.8 Å². The number of hydroxylamine groups is 1. The number of carbonyl (C=O) groups excluding carboxylic acids is 1. The molecule has 3 aromatic rings. The summed E-state index contributed by atoms with van der Waals surface area (Å²) in [5.74, 6) is 0.570. The number of para-hydroxylation sites is 1. The number of nitrogens with zero attached hydrogens (tertiary/aromatic N) is 5. The monoisotopic (exact) mass is 365 g/mol. The summed E-state index contributed by atoms with van der Waals surface area (Å²) in [5, 5.41) is 2.76. The molecule has 7 heteroatoms. The number of carbonyl (C=O) groups is 1. The fourth-order valence-corrected chi connectivity index (χ4v) is 3.53. The summed E-state index contributed by atoms with van der Waals surface area (Å²) in [6.45, 7) is 5.89. The van der Waals surface area contributed by atoms with Crippen molar-refractivity contribution in [3.05, 3.63) is 53.5 Å². The van der Waals surface area contributed by atoms with Gasteiger partial charge in [0.2, 0.25) is 5.95 Å².